The number of nitrogens with one attached hydrogen (secondary N) is 1. The molecule has 1 aromatic heterocycles. The Bertz CT molecular complexity index is 546. The van der Waals surface area contributed by atoms with E-state index in [0.717, 1.165) is 16.8 Å². The summed E-state index contributed by atoms with van der Waals surface area (Å²) in [6.45, 7) is 6.54. The molecule has 96 valence electrons. The fourth-order valence-electron chi connectivity index (χ4n) is 1.98. The molecule has 0 radical (unpaired) electrons. The number of H-pyrrole nitrogens is 1. The lowest BCUT2D eigenvalue weighted by Crippen LogP contribution is -2.04. The lowest BCUT2D eigenvalue weighted by molar-refractivity contribution is 0.523. The van der Waals surface area contributed by atoms with E-state index in [9.17, 15) is 0 Å². The average Bonchev–Trinajstić information content (AvgIpc) is 2.70. The van der Waals surface area contributed by atoms with E-state index < -0.39 is 0 Å². The lowest BCUT2D eigenvalue weighted by atomic mass is 9.90. The zero-order valence-electron chi connectivity index (χ0n) is 10.9. The minimum atomic E-state index is 0.365. The molecule has 1 atom stereocenters. The van der Waals surface area contributed by atoms with Gasteiger partial charge in [-0.3, -0.25) is 5.10 Å². The summed E-state index contributed by atoms with van der Waals surface area (Å²) in [5.74, 6) is 1.41. The van der Waals surface area contributed by atoms with Crippen LogP contribution in [0.15, 0.2) is 24.3 Å². The van der Waals surface area contributed by atoms with Crippen LogP contribution in [0.1, 0.15) is 32.4 Å². The van der Waals surface area contributed by atoms with E-state index in [-0.39, 0.29) is 0 Å². The quantitative estimate of drug-likeness (QED) is 0.877. The molecule has 0 aliphatic heterocycles. The molecule has 18 heavy (non-hydrogen) atoms. The molecule has 0 amide bonds. The van der Waals surface area contributed by atoms with E-state index in [1.807, 2.05) is 24.3 Å². The van der Waals surface area contributed by atoms with Gasteiger partial charge in [-0.1, -0.05) is 44.5 Å². The van der Waals surface area contributed by atoms with Gasteiger partial charge in [0.25, 0.3) is 0 Å². The van der Waals surface area contributed by atoms with Gasteiger partial charge in [0.2, 0.25) is 0 Å². The fraction of sp³-hybridized carbons (Fsp3) is 0.357. The van der Waals surface area contributed by atoms with Crippen molar-refractivity contribution in [3.05, 3.63) is 35.0 Å². The first-order valence-electron chi connectivity index (χ1n) is 6.10. The molecular weight excluding hydrogens is 246 g/mol. The van der Waals surface area contributed by atoms with Crippen LogP contribution in [0.3, 0.4) is 0 Å². The Balaban J connectivity index is 2.53. The van der Waals surface area contributed by atoms with Crippen molar-refractivity contribution in [3.63, 3.8) is 0 Å². The zero-order valence-corrected chi connectivity index (χ0v) is 11.6. The average molecular weight is 264 g/mol. The highest BCUT2D eigenvalue weighted by Gasteiger charge is 2.20. The number of rotatable bonds is 3. The van der Waals surface area contributed by atoms with E-state index in [0.29, 0.717) is 22.7 Å². The molecule has 2 rings (SSSR count). The Morgan fingerprint density at radius 1 is 1.28 bits per heavy atom. The SMILES string of the molecule is CC(C)C(C)c1[nH]nc(N)c1-c1cccc(Cl)c1. The summed E-state index contributed by atoms with van der Waals surface area (Å²) in [5.41, 5.74) is 9.03. The Labute approximate surface area is 112 Å². The van der Waals surface area contributed by atoms with E-state index in [1.165, 1.54) is 0 Å². The lowest BCUT2D eigenvalue weighted by Gasteiger charge is -2.16. The smallest absolute Gasteiger partial charge is 0.153 e. The summed E-state index contributed by atoms with van der Waals surface area (Å²) in [6, 6.07) is 7.70. The van der Waals surface area contributed by atoms with Crippen molar-refractivity contribution in [2.75, 3.05) is 5.73 Å². The molecule has 0 spiro atoms. The van der Waals surface area contributed by atoms with Crippen molar-refractivity contribution in [1.29, 1.82) is 0 Å². The highest BCUT2D eigenvalue weighted by molar-refractivity contribution is 6.30. The third kappa shape index (κ3) is 2.36. The highest BCUT2D eigenvalue weighted by atomic mass is 35.5. The van der Waals surface area contributed by atoms with Crippen LogP contribution in [0.25, 0.3) is 11.1 Å². The maximum absolute atomic E-state index is 6.04. The van der Waals surface area contributed by atoms with Crippen molar-refractivity contribution in [1.82, 2.24) is 10.2 Å². The molecule has 0 aliphatic carbocycles. The molecule has 0 fully saturated rings. The fourth-order valence-corrected chi connectivity index (χ4v) is 2.17. The van der Waals surface area contributed by atoms with Crippen LogP contribution in [0.5, 0.6) is 0 Å². The number of aromatic nitrogens is 2. The predicted octanol–water partition coefficient (Wildman–Crippen LogP) is 4.07. The number of hydrogen-bond donors (Lipinski definition) is 2. The van der Waals surface area contributed by atoms with E-state index in [1.54, 1.807) is 0 Å². The highest BCUT2D eigenvalue weighted by Crippen LogP contribution is 2.35. The molecule has 1 unspecified atom stereocenters. The normalized spacial score (nSPS) is 12.9. The second-order valence-corrected chi connectivity index (χ2v) is 5.38. The molecule has 4 heteroatoms. The minimum absolute atomic E-state index is 0.365. The number of nitrogens with two attached hydrogens (primary N) is 1. The standard InChI is InChI=1S/C14H18ClN3/c1-8(2)9(3)13-12(14(16)18-17-13)10-5-4-6-11(15)7-10/h4-9H,1-3H3,(H3,16,17,18). The zero-order chi connectivity index (χ0) is 13.3. The van der Waals surface area contributed by atoms with Gasteiger partial charge in [0.1, 0.15) is 0 Å². The number of nitrogen functional groups attached to an aromatic ring is 1. The van der Waals surface area contributed by atoms with Crippen molar-refractivity contribution >= 4 is 17.4 Å². The van der Waals surface area contributed by atoms with Crippen molar-refractivity contribution in [2.24, 2.45) is 5.92 Å². The number of aromatic amines is 1. The topological polar surface area (TPSA) is 54.7 Å². The van der Waals surface area contributed by atoms with Gasteiger partial charge < -0.3 is 5.73 Å². The van der Waals surface area contributed by atoms with Gasteiger partial charge in [0.15, 0.2) is 5.82 Å². The van der Waals surface area contributed by atoms with Crippen molar-refractivity contribution < 1.29 is 0 Å². The van der Waals surface area contributed by atoms with E-state index >= 15 is 0 Å². The number of hydrogen-bond acceptors (Lipinski definition) is 2. The van der Waals surface area contributed by atoms with Gasteiger partial charge in [0, 0.05) is 22.2 Å². The molecule has 1 aromatic carbocycles. The molecule has 0 aliphatic rings. The summed E-state index contributed by atoms with van der Waals surface area (Å²) >= 11 is 6.04. The Morgan fingerprint density at radius 2 is 2.00 bits per heavy atom. The maximum Gasteiger partial charge on any atom is 0.153 e. The number of halogens is 1. The maximum atomic E-state index is 6.04. The summed E-state index contributed by atoms with van der Waals surface area (Å²) in [6.07, 6.45) is 0. The number of anilines is 1. The van der Waals surface area contributed by atoms with E-state index in [4.69, 9.17) is 17.3 Å². The number of nitrogens with zero attached hydrogens (tertiary/aromatic N) is 1. The van der Waals surface area contributed by atoms with Gasteiger partial charge in [-0.2, -0.15) is 5.10 Å². The van der Waals surface area contributed by atoms with Crippen LogP contribution >= 0.6 is 11.6 Å². The molecule has 1 heterocycles. The molecule has 3 nitrogen and oxygen atoms in total. The van der Waals surface area contributed by atoms with Gasteiger partial charge >= 0.3 is 0 Å². The van der Waals surface area contributed by atoms with Crippen molar-refractivity contribution in [3.8, 4) is 11.1 Å². The summed E-state index contributed by atoms with van der Waals surface area (Å²) in [7, 11) is 0. The summed E-state index contributed by atoms with van der Waals surface area (Å²) < 4.78 is 0. The molecule has 0 saturated carbocycles. The Kier molecular flexibility index (Phi) is 3.62. The molecule has 0 saturated heterocycles. The Hall–Kier alpha value is -1.48. The number of benzene rings is 1. The van der Waals surface area contributed by atoms with Gasteiger partial charge in [-0.05, 0) is 23.6 Å². The van der Waals surface area contributed by atoms with Gasteiger partial charge in [-0.15, -0.1) is 0 Å². The minimum Gasteiger partial charge on any atom is -0.382 e. The molecule has 3 N–H and O–H groups in total. The molecule has 0 bridgehead atoms. The molecular formula is C14H18ClN3. The third-order valence-corrected chi connectivity index (χ3v) is 3.63. The first-order valence-corrected chi connectivity index (χ1v) is 6.48. The van der Waals surface area contributed by atoms with Crippen LogP contribution in [0, 0.1) is 5.92 Å². The first kappa shape index (κ1) is 13.0. The predicted molar refractivity (Wildman–Crippen MR) is 76.7 cm³/mol. The summed E-state index contributed by atoms with van der Waals surface area (Å²) in [4.78, 5) is 0. The first-order chi connectivity index (χ1) is 8.50. The van der Waals surface area contributed by atoms with Gasteiger partial charge in [0.05, 0.1) is 0 Å². The van der Waals surface area contributed by atoms with E-state index in [2.05, 4.69) is 31.0 Å². The second-order valence-electron chi connectivity index (χ2n) is 4.94. The monoisotopic (exact) mass is 263 g/mol. The van der Waals surface area contributed by atoms with Crippen LogP contribution in [0.2, 0.25) is 5.02 Å². The Morgan fingerprint density at radius 3 is 2.61 bits per heavy atom. The van der Waals surface area contributed by atoms with Crippen molar-refractivity contribution in [2.45, 2.75) is 26.7 Å². The van der Waals surface area contributed by atoms with Crippen LogP contribution in [-0.4, -0.2) is 10.2 Å². The second kappa shape index (κ2) is 5.02. The van der Waals surface area contributed by atoms with Crippen LogP contribution in [0.4, 0.5) is 5.82 Å². The largest absolute Gasteiger partial charge is 0.382 e. The van der Waals surface area contributed by atoms with Crippen LogP contribution < -0.4 is 5.73 Å². The van der Waals surface area contributed by atoms with Gasteiger partial charge in [-0.25, -0.2) is 0 Å². The third-order valence-electron chi connectivity index (χ3n) is 3.39. The molecule has 2 aromatic rings. The van der Waals surface area contributed by atoms with Crippen LogP contribution in [-0.2, 0) is 0 Å². The summed E-state index contributed by atoms with van der Waals surface area (Å²) in [5, 5.41) is 7.90.